The summed E-state index contributed by atoms with van der Waals surface area (Å²) in [5.74, 6) is 0.331. The molecule has 0 spiro atoms. The smallest absolute Gasteiger partial charge is 0.307 e. The number of benzene rings is 1. The van der Waals surface area contributed by atoms with Crippen LogP contribution >= 0.6 is 0 Å². The van der Waals surface area contributed by atoms with E-state index in [-0.39, 0.29) is 24.4 Å². The van der Waals surface area contributed by atoms with Gasteiger partial charge in [-0.25, -0.2) is 0 Å². The van der Waals surface area contributed by atoms with Crippen LogP contribution in [0.25, 0.3) is 6.08 Å². The molecule has 1 aromatic rings. The second-order valence-corrected chi connectivity index (χ2v) is 6.08. The molecule has 0 aliphatic carbocycles. The Morgan fingerprint density at radius 1 is 1.31 bits per heavy atom. The maximum absolute atomic E-state index is 12.6. The quantitative estimate of drug-likeness (QED) is 0.500. The van der Waals surface area contributed by atoms with Gasteiger partial charge in [0.1, 0.15) is 5.75 Å². The Bertz CT molecular complexity index is 605. The van der Waals surface area contributed by atoms with Crippen molar-refractivity contribution in [1.82, 2.24) is 4.90 Å². The van der Waals surface area contributed by atoms with Crippen LogP contribution < -0.4 is 4.74 Å². The molecule has 0 radical (unpaired) electrons. The summed E-state index contributed by atoms with van der Waals surface area (Å²) in [6.07, 6.45) is 5.44. The van der Waals surface area contributed by atoms with Gasteiger partial charge >= 0.3 is 5.97 Å². The second-order valence-electron chi connectivity index (χ2n) is 6.08. The number of carbonyl (C=O) groups excluding carboxylic acids is 2. The molecular formula is C20H27NO5. The third-order valence-electron chi connectivity index (χ3n) is 4.18. The number of ether oxygens (including phenoxy) is 3. The van der Waals surface area contributed by atoms with Crippen molar-refractivity contribution in [1.29, 1.82) is 0 Å². The minimum atomic E-state index is -0.328. The lowest BCUT2D eigenvalue weighted by Crippen LogP contribution is -2.37. The van der Waals surface area contributed by atoms with Gasteiger partial charge < -0.3 is 19.1 Å². The standard InChI is InChI=1S/C20H27NO5/c1-3-25-17-9-6-16(7-10-17)8-11-19(22)21(13-12-20(23)24-2)15-18-5-4-14-26-18/h6-11,18H,3-5,12-15H2,1-2H3/b11-8+. The van der Waals surface area contributed by atoms with Crippen LogP contribution in [-0.2, 0) is 19.1 Å². The van der Waals surface area contributed by atoms with Gasteiger partial charge in [-0.2, -0.15) is 0 Å². The number of amides is 1. The molecule has 1 amide bonds. The fourth-order valence-corrected chi connectivity index (χ4v) is 2.77. The Labute approximate surface area is 154 Å². The molecule has 0 aromatic heterocycles. The highest BCUT2D eigenvalue weighted by Gasteiger charge is 2.22. The Balaban J connectivity index is 1.97. The molecular weight excluding hydrogens is 334 g/mol. The molecule has 142 valence electrons. The van der Waals surface area contributed by atoms with Crippen LogP contribution in [0.1, 0.15) is 31.7 Å². The number of hydrogen-bond acceptors (Lipinski definition) is 5. The van der Waals surface area contributed by atoms with Crippen molar-refractivity contribution in [2.24, 2.45) is 0 Å². The van der Waals surface area contributed by atoms with Crippen molar-refractivity contribution in [2.45, 2.75) is 32.3 Å². The van der Waals surface area contributed by atoms with Gasteiger partial charge in [0.25, 0.3) is 0 Å². The van der Waals surface area contributed by atoms with E-state index in [1.165, 1.54) is 13.2 Å². The molecule has 6 heteroatoms. The van der Waals surface area contributed by atoms with Crippen molar-refractivity contribution >= 4 is 18.0 Å². The molecule has 1 heterocycles. The summed E-state index contributed by atoms with van der Waals surface area (Å²) >= 11 is 0. The van der Waals surface area contributed by atoms with Gasteiger partial charge in [-0.1, -0.05) is 12.1 Å². The fraction of sp³-hybridized carbons (Fsp3) is 0.500. The van der Waals surface area contributed by atoms with Crippen LogP contribution in [-0.4, -0.2) is 56.3 Å². The lowest BCUT2D eigenvalue weighted by atomic mass is 10.2. The summed E-state index contributed by atoms with van der Waals surface area (Å²) in [5.41, 5.74) is 0.909. The highest BCUT2D eigenvalue weighted by molar-refractivity contribution is 5.92. The van der Waals surface area contributed by atoms with Gasteiger partial charge in [-0.3, -0.25) is 9.59 Å². The summed E-state index contributed by atoms with van der Waals surface area (Å²) in [7, 11) is 1.35. The minimum Gasteiger partial charge on any atom is -0.494 e. The topological polar surface area (TPSA) is 65.1 Å². The van der Waals surface area contributed by atoms with Gasteiger partial charge in [0.2, 0.25) is 5.91 Å². The van der Waals surface area contributed by atoms with Crippen molar-refractivity contribution in [3.05, 3.63) is 35.9 Å². The molecule has 6 nitrogen and oxygen atoms in total. The van der Waals surface area contributed by atoms with E-state index in [0.29, 0.717) is 19.7 Å². The predicted molar refractivity (Wildman–Crippen MR) is 98.8 cm³/mol. The fourth-order valence-electron chi connectivity index (χ4n) is 2.77. The molecule has 1 saturated heterocycles. The van der Waals surface area contributed by atoms with Crippen molar-refractivity contribution in [2.75, 3.05) is 33.4 Å². The van der Waals surface area contributed by atoms with Crippen LogP contribution in [0.5, 0.6) is 5.75 Å². The van der Waals surface area contributed by atoms with Crippen LogP contribution in [0.2, 0.25) is 0 Å². The molecule has 26 heavy (non-hydrogen) atoms. The zero-order chi connectivity index (χ0) is 18.8. The second kappa shape index (κ2) is 10.6. The highest BCUT2D eigenvalue weighted by Crippen LogP contribution is 2.15. The van der Waals surface area contributed by atoms with Crippen LogP contribution in [0.4, 0.5) is 0 Å². The third-order valence-corrected chi connectivity index (χ3v) is 4.18. The number of rotatable bonds is 9. The first kappa shape index (κ1) is 20.0. The van der Waals surface area contributed by atoms with Gasteiger partial charge in [0, 0.05) is 25.8 Å². The summed E-state index contributed by atoms with van der Waals surface area (Å²) in [5, 5.41) is 0. The van der Waals surface area contributed by atoms with Crippen LogP contribution in [0.3, 0.4) is 0 Å². The van der Waals surface area contributed by atoms with E-state index in [1.807, 2.05) is 31.2 Å². The molecule has 0 saturated carbocycles. The molecule has 1 fully saturated rings. The molecule has 1 unspecified atom stereocenters. The van der Waals surface area contributed by atoms with E-state index < -0.39 is 0 Å². The van der Waals surface area contributed by atoms with E-state index in [0.717, 1.165) is 30.8 Å². The number of hydrogen-bond donors (Lipinski definition) is 0. The average molecular weight is 361 g/mol. The molecule has 0 bridgehead atoms. The van der Waals surface area contributed by atoms with E-state index in [4.69, 9.17) is 9.47 Å². The number of carbonyl (C=O) groups is 2. The summed E-state index contributed by atoms with van der Waals surface area (Å²) in [4.78, 5) is 25.7. The number of esters is 1. The molecule has 1 aliphatic rings. The van der Waals surface area contributed by atoms with Crippen molar-refractivity contribution < 1.29 is 23.8 Å². The van der Waals surface area contributed by atoms with Gasteiger partial charge in [0.05, 0.1) is 26.2 Å². The van der Waals surface area contributed by atoms with Gasteiger partial charge in [-0.05, 0) is 43.5 Å². The van der Waals surface area contributed by atoms with Crippen LogP contribution in [0, 0.1) is 0 Å². The maximum atomic E-state index is 12.6. The van der Waals surface area contributed by atoms with E-state index in [9.17, 15) is 9.59 Å². The minimum absolute atomic E-state index is 0.0375. The van der Waals surface area contributed by atoms with Gasteiger partial charge in [0.15, 0.2) is 0 Å². The average Bonchev–Trinajstić information content (AvgIpc) is 3.17. The zero-order valence-electron chi connectivity index (χ0n) is 15.5. The monoisotopic (exact) mass is 361 g/mol. The van der Waals surface area contributed by atoms with E-state index >= 15 is 0 Å². The Kier molecular flexibility index (Phi) is 8.15. The van der Waals surface area contributed by atoms with Crippen LogP contribution in [0.15, 0.2) is 30.3 Å². The summed E-state index contributed by atoms with van der Waals surface area (Å²) in [6.45, 7) is 4.09. The van der Waals surface area contributed by atoms with Gasteiger partial charge in [-0.15, -0.1) is 0 Å². The zero-order valence-corrected chi connectivity index (χ0v) is 15.5. The Hall–Kier alpha value is -2.34. The first-order valence-electron chi connectivity index (χ1n) is 9.00. The lowest BCUT2D eigenvalue weighted by molar-refractivity contribution is -0.141. The van der Waals surface area contributed by atoms with Crippen molar-refractivity contribution in [3.63, 3.8) is 0 Å². The van der Waals surface area contributed by atoms with E-state index in [1.54, 1.807) is 11.0 Å². The Morgan fingerprint density at radius 2 is 2.08 bits per heavy atom. The first-order valence-corrected chi connectivity index (χ1v) is 9.00. The third kappa shape index (κ3) is 6.52. The number of nitrogens with zero attached hydrogens (tertiary/aromatic N) is 1. The summed E-state index contributed by atoms with van der Waals surface area (Å²) < 4.78 is 15.7. The van der Waals surface area contributed by atoms with Crippen molar-refractivity contribution in [3.8, 4) is 5.75 Å². The molecule has 2 rings (SSSR count). The largest absolute Gasteiger partial charge is 0.494 e. The molecule has 1 aromatic carbocycles. The summed E-state index contributed by atoms with van der Waals surface area (Å²) in [6, 6.07) is 7.53. The highest BCUT2D eigenvalue weighted by atomic mass is 16.5. The molecule has 1 atom stereocenters. The first-order chi connectivity index (χ1) is 12.6. The maximum Gasteiger partial charge on any atom is 0.307 e. The normalized spacial score (nSPS) is 16.6. The van der Waals surface area contributed by atoms with E-state index in [2.05, 4.69) is 4.74 Å². The molecule has 0 N–H and O–H groups in total. The Morgan fingerprint density at radius 3 is 2.69 bits per heavy atom. The molecule has 1 aliphatic heterocycles. The SMILES string of the molecule is CCOc1ccc(/C=C/C(=O)N(CCC(=O)OC)CC2CCCO2)cc1. The lowest BCUT2D eigenvalue weighted by Gasteiger charge is -2.24. The number of methoxy groups -OCH3 is 1. The predicted octanol–water partition coefficient (Wildman–Crippen LogP) is 2.67.